The van der Waals surface area contributed by atoms with Gasteiger partial charge < -0.3 is 24.1 Å². The maximum absolute atomic E-state index is 13.6. The maximum atomic E-state index is 13.6. The Morgan fingerprint density at radius 3 is 2.49 bits per heavy atom. The molecule has 6 rings (SSSR count). The lowest BCUT2D eigenvalue weighted by atomic mass is 9.95. The number of Topliss-reactive ketones (excluding diaryl/α,β-unsaturated/α-hetero) is 1. The highest BCUT2D eigenvalue weighted by molar-refractivity contribution is 7.22. The van der Waals surface area contributed by atoms with E-state index in [1.54, 1.807) is 42.5 Å². The lowest BCUT2D eigenvalue weighted by molar-refractivity contribution is -0.132. The minimum absolute atomic E-state index is 0.0387. The summed E-state index contributed by atoms with van der Waals surface area (Å²) in [5.41, 5.74) is 1.60. The predicted molar refractivity (Wildman–Crippen MR) is 155 cm³/mol. The van der Waals surface area contributed by atoms with E-state index in [1.165, 1.54) is 16.2 Å². The number of benzene rings is 3. The third-order valence-electron chi connectivity index (χ3n) is 6.79. The largest absolute Gasteiger partial charge is 0.507 e. The maximum Gasteiger partial charge on any atom is 0.301 e. The second-order valence-corrected chi connectivity index (χ2v) is 10.5. The van der Waals surface area contributed by atoms with Crippen LogP contribution in [0.2, 0.25) is 0 Å². The van der Waals surface area contributed by atoms with Crippen molar-refractivity contribution < 1.29 is 33.6 Å². The molecule has 0 aliphatic carbocycles. The number of fused-ring (bicyclic) bond motifs is 2. The summed E-state index contributed by atoms with van der Waals surface area (Å²) >= 11 is 1.28. The fourth-order valence-corrected chi connectivity index (χ4v) is 5.93. The van der Waals surface area contributed by atoms with Gasteiger partial charge in [0.2, 0.25) is 0 Å². The minimum atomic E-state index is -0.921. The second-order valence-electron chi connectivity index (χ2n) is 9.50. The Hall–Kier alpha value is -4.57. The molecule has 0 spiro atoms. The molecule has 1 saturated heterocycles. The van der Waals surface area contributed by atoms with E-state index in [-0.39, 0.29) is 11.3 Å². The average Bonchev–Trinajstić information content (AvgIpc) is 3.53. The first-order valence-electron chi connectivity index (χ1n) is 13.5. The number of aliphatic hydroxyl groups excluding tert-OH is 1. The minimum Gasteiger partial charge on any atom is -0.507 e. The van der Waals surface area contributed by atoms with Crippen LogP contribution in [0.5, 0.6) is 23.0 Å². The van der Waals surface area contributed by atoms with Gasteiger partial charge >= 0.3 is 5.91 Å². The molecule has 210 valence electrons. The molecule has 1 N–H and O–H groups in total. The molecule has 0 radical (unpaired) electrons. The van der Waals surface area contributed by atoms with E-state index in [1.807, 2.05) is 32.0 Å². The lowest BCUT2D eigenvalue weighted by Crippen LogP contribution is -2.29. The number of anilines is 1. The number of rotatable bonds is 8. The molecular formula is C31H28N2O7S. The predicted octanol–water partition coefficient (Wildman–Crippen LogP) is 5.88. The number of hydrogen-bond donors (Lipinski definition) is 1. The average molecular weight is 573 g/mol. The summed E-state index contributed by atoms with van der Waals surface area (Å²) in [7, 11) is 0. The van der Waals surface area contributed by atoms with Crippen LogP contribution >= 0.6 is 11.3 Å². The molecule has 1 fully saturated rings. The van der Waals surface area contributed by atoms with Gasteiger partial charge in [-0.15, -0.1) is 0 Å². The van der Waals surface area contributed by atoms with Crippen molar-refractivity contribution in [3.05, 3.63) is 77.4 Å². The summed E-state index contributed by atoms with van der Waals surface area (Å²) in [6.45, 7) is 5.81. The number of ether oxygens (including phenoxy) is 4. The van der Waals surface area contributed by atoms with Gasteiger partial charge in [-0.1, -0.05) is 30.4 Å². The van der Waals surface area contributed by atoms with Crippen molar-refractivity contribution in [3.8, 4) is 23.0 Å². The quantitative estimate of drug-likeness (QED) is 0.158. The third kappa shape index (κ3) is 4.95. The number of nitrogens with zero attached hydrogens (tertiary/aromatic N) is 2. The van der Waals surface area contributed by atoms with Crippen LogP contribution in [0.15, 0.2) is 66.2 Å². The number of hydrogen-bond acceptors (Lipinski definition) is 9. The van der Waals surface area contributed by atoms with E-state index in [9.17, 15) is 14.7 Å². The van der Waals surface area contributed by atoms with E-state index < -0.39 is 17.7 Å². The molecule has 3 heterocycles. The van der Waals surface area contributed by atoms with Gasteiger partial charge in [-0.25, -0.2) is 4.98 Å². The van der Waals surface area contributed by atoms with Crippen LogP contribution in [0.4, 0.5) is 5.13 Å². The van der Waals surface area contributed by atoms with E-state index in [2.05, 4.69) is 4.98 Å². The number of aromatic nitrogens is 1. The molecule has 1 unspecified atom stereocenters. The van der Waals surface area contributed by atoms with Gasteiger partial charge in [0.05, 0.1) is 35.0 Å². The summed E-state index contributed by atoms with van der Waals surface area (Å²) in [5, 5.41) is 11.9. The Morgan fingerprint density at radius 1 is 0.976 bits per heavy atom. The van der Waals surface area contributed by atoms with E-state index in [4.69, 9.17) is 18.9 Å². The van der Waals surface area contributed by atoms with Gasteiger partial charge in [0.25, 0.3) is 5.78 Å². The van der Waals surface area contributed by atoms with Crippen LogP contribution in [0, 0.1) is 0 Å². The highest BCUT2D eigenvalue weighted by Gasteiger charge is 2.48. The van der Waals surface area contributed by atoms with Crippen LogP contribution in [0.1, 0.15) is 37.4 Å². The first-order chi connectivity index (χ1) is 20.0. The molecular weight excluding hydrogens is 544 g/mol. The second kappa shape index (κ2) is 11.1. The number of thiazole rings is 1. The zero-order chi connectivity index (χ0) is 28.5. The molecule has 0 bridgehead atoms. The first kappa shape index (κ1) is 26.6. The van der Waals surface area contributed by atoms with Gasteiger partial charge in [0.15, 0.2) is 16.6 Å². The number of ketones is 1. The first-order valence-corrected chi connectivity index (χ1v) is 14.3. The van der Waals surface area contributed by atoms with Gasteiger partial charge in [0.1, 0.15) is 30.5 Å². The molecule has 2 aliphatic rings. The van der Waals surface area contributed by atoms with Crippen LogP contribution in [0.25, 0.3) is 16.0 Å². The zero-order valence-electron chi connectivity index (χ0n) is 22.6. The van der Waals surface area contributed by atoms with Crippen LogP contribution < -0.4 is 23.8 Å². The SMILES string of the molecule is CCCOc1ccc(C2C(=C(O)c3ccc4c(c3)OCCO4)C(=O)C(=O)N2c2nc3ccc(OCC)cc3s2)cc1. The van der Waals surface area contributed by atoms with Crippen molar-refractivity contribution in [1.82, 2.24) is 4.98 Å². The summed E-state index contributed by atoms with van der Waals surface area (Å²) in [4.78, 5) is 33.3. The molecule has 9 nitrogen and oxygen atoms in total. The van der Waals surface area contributed by atoms with Crippen molar-refractivity contribution in [2.45, 2.75) is 26.3 Å². The Bertz CT molecular complexity index is 1660. The Labute approximate surface area is 240 Å². The number of carbonyl (C=O) groups excluding carboxylic acids is 2. The van der Waals surface area contributed by atoms with Crippen LogP contribution in [-0.4, -0.2) is 48.2 Å². The Balaban J connectivity index is 1.48. The highest BCUT2D eigenvalue weighted by Crippen LogP contribution is 2.45. The molecule has 2 aliphatic heterocycles. The molecule has 1 aromatic heterocycles. The fraction of sp³-hybridized carbons (Fsp3) is 0.258. The Morgan fingerprint density at radius 2 is 1.73 bits per heavy atom. The van der Waals surface area contributed by atoms with E-state index >= 15 is 0 Å². The standard InChI is InChI=1S/C31H28N2O7S/c1-3-13-38-20-8-5-18(6-9-20)27-26(28(34)19-7-12-23-24(16-19)40-15-14-39-23)29(35)30(36)33(27)31-32-22-11-10-21(37-4-2)17-25(22)41-31/h5-12,16-17,27,34H,3-4,13-15H2,1-2H3. The van der Waals surface area contributed by atoms with Gasteiger partial charge in [-0.2, -0.15) is 0 Å². The normalized spacial score (nSPS) is 17.7. The van der Waals surface area contributed by atoms with Crippen molar-refractivity contribution in [2.75, 3.05) is 31.3 Å². The van der Waals surface area contributed by atoms with Crippen LogP contribution in [0.3, 0.4) is 0 Å². The van der Waals surface area contributed by atoms with Crippen molar-refractivity contribution in [1.29, 1.82) is 0 Å². The molecule has 0 saturated carbocycles. The van der Waals surface area contributed by atoms with Gasteiger partial charge in [0, 0.05) is 5.56 Å². The van der Waals surface area contributed by atoms with Crippen molar-refractivity contribution in [3.63, 3.8) is 0 Å². The molecule has 10 heteroatoms. The van der Waals surface area contributed by atoms with Crippen LogP contribution in [-0.2, 0) is 9.59 Å². The van der Waals surface area contributed by atoms with E-state index in [0.717, 1.165) is 11.1 Å². The lowest BCUT2D eigenvalue weighted by Gasteiger charge is -2.23. The number of carbonyl (C=O) groups is 2. The smallest absolute Gasteiger partial charge is 0.301 e. The summed E-state index contributed by atoms with van der Waals surface area (Å²) in [6.07, 6.45) is 0.861. The van der Waals surface area contributed by atoms with Crippen molar-refractivity contribution in [2.24, 2.45) is 0 Å². The monoisotopic (exact) mass is 572 g/mol. The Kier molecular flexibility index (Phi) is 7.23. The number of amides is 1. The molecule has 1 atom stereocenters. The summed E-state index contributed by atoms with van der Waals surface area (Å²) < 4.78 is 23.4. The van der Waals surface area contributed by atoms with Gasteiger partial charge in [-0.3, -0.25) is 14.5 Å². The third-order valence-corrected chi connectivity index (χ3v) is 7.81. The fourth-order valence-electron chi connectivity index (χ4n) is 4.91. The summed E-state index contributed by atoms with van der Waals surface area (Å²) in [5.74, 6) is 0.484. The molecule has 3 aromatic carbocycles. The zero-order valence-corrected chi connectivity index (χ0v) is 23.4. The molecule has 4 aromatic rings. The molecule has 41 heavy (non-hydrogen) atoms. The van der Waals surface area contributed by atoms with E-state index in [0.29, 0.717) is 71.2 Å². The van der Waals surface area contributed by atoms with Gasteiger partial charge in [-0.05, 0) is 67.4 Å². The number of aliphatic hydroxyl groups is 1. The van der Waals surface area contributed by atoms with Crippen molar-refractivity contribution >= 4 is 44.1 Å². The topological polar surface area (TPSA) is 107 Å². The summed E-state index contributed by atoms with van der Waals surface area (Å²) in [6, 6.07) is 16.7. The molecule has 1 amide bonds. The highest BCUT2D eigenvalue weighted by atomic mass is 32.1.